The van der Waals surface area contributed by atoms with Crippen LogP contribution >= 0.6 is 0 Å². The van der Waals surface area contributed by atoms with E-state index in [1.165, 1.54) is 30.7 Å². The molecule has 0 aliphatic carbocycles. The summed E-state index contributed by atoms with van der Waals surface area (Å²) in [7, 11) is 0. The van der Waals surface area contributed by atoms with Crippen molar-refractivity contribution in [3.8, 4) is 5.75 Å². The predicted octanol–water partition coefficient (Wildman–Crippen LogP) is 5.11. The second kappa shape index (κ2) is 10.9. The molecule has 0 fully saturated rings. The summed E-state index contributed by atoms with van der Waals surface area (Å²) >= 11 is 0. The Bertz CT molecular complexity index is 434. The van der Waals surface area contributed by atoms with Crippen LogP contribution in [0.1, 0.15) is 57.9 Å². The maximum atomic E-state index is 12.0. The normalized spacial score (nSPS) is 10.3. The lowest BCUT2D eigenvalue weighted by atomic mass is 10.1. The van der Waals surface area contributed by atoms with Crippen molar-refractivity contribution in [1.82, 2.24) is 5.06 Å². The molecule has 0 aromatic heterocycles. The van der Waals surface area contributed by atoms with Crippen LogP contribution in [0.5, 0.6) is 5.75 Å². The van der Waals surface area contributed by atoms with Crippen LogP contribution in [0.15, 0.2) is 24.3 Å². The summed E-state index contributed by atoms with van der Waals surface area (Å²) in [6, 6.07) is 7.67. The smallest absolute Gasteiger partial charge is 0.443 e. The first-order valence-corrected chi connectivity index (χ1v) is 8.37. The topological polar surface area (TPSA) is 38.8 Å². The fourth-order valence-corrected chi connectivity index (χ4v) is 2.18. The molecule has 4 heteroatoms. The molecule has 0 atom stereocenters. The number of hydrogen-bond donors (Lipinski definition) is 0. The van der Waals surface area contributed by atoms with Gasteiger partial charge in [-0.05, 0) is 31.9 Å². The molecule has 22 heavy (non-hydrogen) atoms. The number of amides is 1. The van der Waals surface area contributed by atoms with Gasteiger partial charge in [0.25, 0.3) is 0 Å². The molecule has 0 aliphatic rings. The summed E-state index contributed by atoms with van der Waals surface area (Å²) < 4.78 is 5.07. The number of aryl methyl sites for hydroxylation is 1. The van der Waals surface area contributed by atoms with Gasteiger partial charge in [-0.25, -0.2) is 4.79 Å². The van der Waals surface area contributed by atoms with Crippen molar-refractivity contribution in [2.24, 2.45) is 0 Å². The van der Waals surface area contributed by atoms with Gasteiger partial charge in [-0.15, -0.1) is 5.06 Å². The molecule has 124 valence electrons. The van der Waals surface area contributed by atoms with Crippen molar-refractivity contribution in [1.29, 1.82) is 0 Å². The number of para-hydroxylation sites is 1. The Morgan fingerprint density at radius 3 is 2.41 bits per heavy atom. The van der Waals surface area contributed by atoms with Crippen molar-refractivity contribution in [3.63, 3.8) is 0 Å². The molecule has 0 heterocycles. The van der Waals surface area contributed by atoms with Crippen LogP contribution in [0.25, 0.3) is 0 Å². The summed E-state index contributed by atoms with van der Waals surface area (Å²) in [6.07, 6.45) is 6.59. The molecule has 1 aromatic carbocycles. The molecule has 0 N–H and O–H groups in total. The molecule has 1 aromatic rings. The van der Waals surface area contributed by atoms with Gasteiger partial charge in [-0.3, -0.25) is 0 Å². The van der Waals surface area contributed by atoms with Gasteiger partial charge in [-0.2, -0.15) is 0 Å². The molecule has 0 spiro atoms. The SMILES string of the molecule is CCCCCCCCN(Oc1ccccc1C)C(=O)OCC. The van der Waals surface area contributed by atoms with Crippen LogP contribution in [-0.4, -0.2) is 24.3 Å². The molecule has 4 nitrogen and oxygen atoms in total. The van der Waals surface area contributed by atoms with Gasteiger partial charge in [0.05, 0.1) is 13.2 Å². The van der Waals surface area contributed by atoms with Crippen molar-refractivity contribution in [2.45, 2.75) is 59.3 Å². The van der Waals surface area contributed by atoms with Gasteiger partial charge in [-0.1, -0.05) is 57.2 Å². The van der Waals surface area contributed by atoms with E-state index in [-0.39, 0.29) is 0 Å². The lowest BCUT2D eigenvalue weighted by Crippen LogP contribution is -2.35. The molecule has 0 aliphatic heterocycles. The van der Waals surface area contributed by atoms with Gasteiger partial charge in [0, 0.05) is 0 Å². The number of benzene rings is 1. The molecule has 0 saturated carbocycles. The maximum Gasteiger partial charge on any atom is 0.443 e. The van der Waals surface area contributed by atoms with Crippen molar-refractivity contribution in [3.05, 3.63) is 29.8 Å². The van der Waals surface area contributed by atoms with Crippen LogP contribution in [0.3, 0.4) is 0 Å². The summed E-state index contributed by atoms with van der Waals surface area (Å²) in [4.78, 5) is 17.7. The number of hydrogen-bond acceptors (Lipinski definition) is 3. The van der Waals surface area contributed by atoms with Gasteiger partial charge >= 0.3 is 6.09 Å². The highest BCUT2D eigenvalue weighted by molar-refractivity contribution is 5.66. The average molecular weight is 307 g/mol. The molecular weight excluding hydrogens is 278 g/mol. The first kappa shape index (κ1) is 18.3. The Kier molecular flexibility index (Phi) is 9.12. The average Bonchev–Trinajstić information content (AvgIpc) is 2.51. The zero-order valence-corrected chi connectivity index (χ0v) is 14.1. The van der Waals surface area contributed by atoms with E-state index in [0.717, 1.165) is 18.4 Å². The first-order valence-electron chi connectivity index (χ1n) is 8.37. The van der Waals surface area contributed by atoms with Crippen LogP contribution < -0.4 is 4.84 Å². The highest BCUT2D eigenvalue weighted by atomic mass is 16.7. The Morgan fingerprint density at radius 1 is 1.05 bits per heavy atom. The minimum Gasteiger partial charge on any atom is -0.448 e. The second-order valence-electron chi connectivity index (χ2n) is 5.43. The van der Waals surface area contributed by atoms with Crippen LogP contribution in [0, 0.1) is 6.92 Å². The zero-order chi connectivity index (χ0) is 16.2. The standard InChI is InChI=1S/C18H29NO3/c1-4-6-7-8-9-12-15-19(18(20)21-5-2)22-17-14-11-10-13-16(17)3/h10-11,13-14H,4-9,12,15H2,1-3H3. The highest BCUT2D eigenvalue weighted by Crippen LogP contribution is 2.18. The van der Waals surface area contributed by atoms with E-state index < -0.39 is 6.09 Å². The zero-order valence-electron chi connectivity index (χ0n) is 14.1. The third-order valence-electron chi connectivity index (χ3n) is 3.49. The maximum absolute atomic E-state index is 12.0. The summed E-state index contributed by atoms with van der Waals surface area (Å²) in [5, 5.41) is 1.34. The summed E-state index contributed by atoms with van der Waals surface area (Å²) in [5.41, 5.74) is 1.000. The number of hydroxylamine groups is 2. The van der Waals surface area contributed by atoms with E-state index >= 15 is 0 Å². The Labute approximate surface area is 134 Å². The fraction of sp³-hybridized carbons (Fsp3) is 0.611. The Balaban J connectivity index is 2.50. The number of ether oxygens (including phenoxy) is 1. The van der Waals surface area contributed by atoms with Crippen molar-refractivity contribution < 1.29 is 14.4 Å². The number of rotatable bonds is 10. The minimum atomic E-state index is -0.417. The third-order valence-corrected chi connectivity index (χ3v) is 3.49. The number of unbranched alkanes of at least 4 members (excludes halogenated alkanes) is 5. The molecule has 0 radical (unpaired) electrons. The van der Waals surface area contributed by atoms with E-state index in [9.17, 15) is 4.79 Å². The molecule has 0 unspecified atom stereocenters. The van der Waals surface area contributed by atoms with Crippen molar-refractivity contribution >= 4 is 6.09 Å². The lowest BCUT2D eigenvalue weighted by molar-refractivity contribution is -0.0483. The molecule has 0 saturated heterocycles. The second-order valence-corrected chi connectivity index (χ2v) is 5.43. The number of carbonyl (C=O) groups is 1. The van der Waals surface area contributed by atoms with Crippen molar-refractivity contribution in [2.75, 3.05) is 13.2 Å². The molecule has 1 rings (SSSR count). The van der Waals surface area contributed by atoms with Crippen LogP contribution in [-0.2, 0) is 4.74 Å². The minimum absolute atomic E-state index is 0.350. The van der Waals surface area contributed by atoms with Gasteiger partial charge in [0.1, 0.15) is 0 Å². The largest absolute Gasteiger partial charge is 0.448 e. The van der Waals surface area contributed by atoms with Gasteiger partial charge in [0.2, 0.25) is 0 Å². The van der Waals surface area contributed by atoms with Gasteiger partial charge in [0.15, 0.2) is 5.75 Å². The van der Waals surface area contributed by atoms with E-state index in [2.05, 4.69) is 6.92 Å². The molecule has 0 bridgehead atoms. The monoisotopic (exact) mass is 307 g/mol. The molecular formula is C18H29NO3. The number of nitrogens with zero attached hydrogens (tertiary/aromatic N) is 1. The lowest BCUT2D eigenvalue weighted by Gasteiger charge is -2.22. The third kappa shape index (κ3) is 6.83. The van der Waals surface area contributed by atoms with E-state index in [1.807, 2.05) is 31.2 Å². The Hall–Kier alpha value is -1.71. The summed E-state index contributed by atoms with van der Waals surface area (Å²) in [5.74, 6) is 0.696. The molecule has 1 amide bonds. The van der Waals surface area contributed by atoms with E-state index in [0.29, 0.717) is 18.9 Å². The van der Waals surface area contributed by atoms with E-state index in [1.54, 1.807) is 6.92 Å². The fourth-order valence-electron chi connectivity index (χ4n) is 2.18. The highest BCUT2D eigenvalue weighted by Gasteiger charge is 2.17. The van der Waals surface area contributed by atoms with Crippen LogP contribution in [0.2, 0.25) is 0 Å². The van der Waals surface area contributed by atoms with Crippen LogP contribution in [0.4, 0.5) is 4.79 Å². The Morgan fingerprint density at radius 2 is 1.73 bits per heavy atom. The summed E-state index contributed by atoms with van der Waals surface area (Å²) in [6.45, 7) is 6.87. The quantitative estimate of drug-likeness (QED) is 0.445. The first-order chi connectivity index (χ1) is 10.7. The van der Waals surface area contributed by atoms with E-state index in [4.69, 9.17) is 9.57 Å². The predicted molar refractivity (Wildman–Crippen MR) is 88.9 cm³/mol. The van der Waals surface area contributed by atoms with Gasteiger partial charge < -0.3 is 9.57 Å². The number of carbonyl (C=O) groups excluding carboxylic acids is 1.